The van der Waals surface area contributed by atoms with Crippen LogP contribution in [0.1, 0.15) is 30.5 Å². The van der Waals surface area contributed by atoms with Crippen molar-refractivity contribution in [2.45, 2.75) is 25.8 Å². The van der Waals surface area contributed by atoms with Crippen molar-refractivity contribution >= 4 is 21.8 Å². The SMILES string of the molecule is CC(c1ccc(F)c(F)c1)N(C)C(=O)CCc1ccc(Br)cc1F. The van der Waals surface area contributed by atoms with Crippen LogP contribution in [0.3, 0.4) is 0 Å². The molecule has 0 saturated carbocycles. The molecule has 0 bridgehead atoms. The third kappa shape index (κ3) is 4.38. The number of nitrogens with zero attached hydrogens (tertiary/aromatic N) is 1. The van der Waals surface area contributed by atoms with Crippen LogP contribution in [0.25, 0.3) is 0 Å². The quantitative estimate of drug-likeness (QED) is 0.691. The molecule has 2 aromatic carbocycles. The Kier molecular flexibility index (Phi) is 6.04. The minimum atomic E-state index is -0.947. The predicted octanol–water partition coefficient (Wildman–Crippen LogP) is 5.02. The molecule has 2 aromatic rings. The molecule has 1 atom stereocenters. The van der Waals surface area contributed by atoms with Crippen molar-refractivity contribution in [3.05, 3.63) is 69.4 Å². The zero-order valence-corrected chi connectivity index (χ0v) is 14.9. The molecule has 1 unspecified atom stereocenters. The van der Waals surface area contributed by atoms with Crippen molar-refractivity contribution in [2.75, 3.05) is 7.05 Å². The molecule has 0 fully saturated rings. The maximum Gasteiger partial charge on any atom is 0.223 e. The van der Waals surface area contributed by atoms with E-state index in [0.29, 0.717) is 15.6 Å². The first-order chi connectivity index (χ1) is 11.3. The topological polar surface area (TPSA) is 20.3 Å². The van der Waals surface area contributed by atoms with Gasteiger partial charge >= 0.3 is 0 Å². The number of hydrogen-bond acceptors (Lipinski definition) is 1. The number of carbonyl (C=O) groups is 1. The zero-order valence-electron chi connectivity index (χ0n) is 13.3. The standard InChI is InChI=1S/C18H17BrF3NO/c1-11(13-4-7-15(20)17(22)9-13)23(2)18(24)8-5-12-3-6-14(19)10-16(12)21/h3-4,6-7,9-11H,5,8H2,1-2H3. The van der Waals surface area contributed by atoms with Gasteiger partial charge in [0.25, 0.3) is 0 Å². The highest BCUT2D eigenvalue weighted by Gasteiger charge is 2.19. The molecule has 0 saturated heterocycles. The Labute approximate surface area is 147 Å². The number of halogens is 4. The number of benzene rings is 2. The second kappa shape index (κ2) is 7.83. The van der Waals surface area contributed by atoms with Crippen molar-refractivity contribution in [3.63, 3.8) is 0 Å². The van der Waals surface area contributed by atoms with Crippen LogP contribution in [-0.4, -0.2) is 17.9 Å². The lowest BCUT2D eigenvalue weighted by Crippen LogP contribution is -2.30. The van der Waals surface area contributed by atoms with Crippen LogP contribution in [0.2, 0.25) is 0 Å². The molecule has 0 aliphatic heterocycles. The monoisotopic (exact) mass is 399 g/mol. The Morgan fingerprint density at radius 1 is 1.08 bits per heavy atom. The third-order valence-electron chi connectivity index (χ3n) is 4.02. The zero-order chi connectivity index (χ0) is 17.9. The highest BCUT2D eigenvalue weighted by Crippen LogP contribution is 2.22. The minimum Gasteiger partial charge on any atom is -0.339 e. The van der Waals surface area contributed by atoms with E-state index >= 15 is 0 Å². The summed E-state index contributed by atoms with van der Waals surface area (Å²) in [7, 11) is 1.59. The first-order valence-corrected chi connectivity index (χ1v) is 8.23. The second-order valence-electron chi connectivity index (χ2n) is 5.59. The number of amides is 1. The van der Waals surface area contributed by atoms with Gasteiger partial charge in [0, 0.05) is 17.9 Å². The summed E-state index contributed by atoms with van der Waals surface area (Å²) in [6.45, 7) is 1.73. The van der Waals surface area contributed by atoms with E-state index < -0.39 is 17.7 Å². The smallest absolute Gasteiger partial charge is 0.223 e. The third-order valence-corrected chi connectivity index (χ3v) is 4.52. The summed E-state index contributed by atoms with van der Waals surface area (Å²) in [5.74, 6) is -2.44. The van der Waals surface area contributed by atoms with Crippen LogP contribution in [0.5, 0.6) is 0 Å². The number of rotatable bonds is 5. The van der Waals surface area contributed by atoms with E-state index in [1.54, 1.807) is 26.1 Å². The van der Waals surface area contributed by atoms with Gasteiger partial charge < -0.3 is 4.90 Å². The maximum atomic E-state index is 13.8. The summed E-state index contributed by atoms with van der Waals surface area (Å²) >= 11 is 3.18. The van der Waals surface area contributed by atoms with Gasteiger partial charge in [-0.1, -0.05) is 28.1 Å². The summed E-state index contributed by atoms with van der Waals surface area (Å²) in [6.07, 6.45) is 0.399. The molecule has 2 nitrogen and oxygen atoms in total. The molecule has 1 amide bonds. The first kappa shape index (κ1) is 18.5. The molecule has 24 heavy (non-hydrogen) atoms. The van der Waals surface area contributed by atoms with E-state index in [9.17, 15) is 18.0 Å². The van der Waals surface area contributed by atoms with Crippen molar-refractivity contribution in [1.82, 2.24) is 4.90 Å². The summed E-state index contributed by atoms with van der Waals surface area (Å²) < 4.78 is 40.7. The van der Waals surface area contributed by atoms with Crippen LogP contribution in [0.4, 0.5) is 13.2 Å². The van der Waals surface area contributed by atoms with E-state index in [0.717, 1.165) is 12.1 Å². The molecule has 128 valence electrons. The Hall–Kier alpha value is -1.82. The molecule has 6 heteroatoms. The summed E-state index contributed by atoms with van der Waals surface area (Å²) in [4.78, 5) is 13.7. The van der Waals surface area contributed by atoms with Gasteiger partial charge in [-0.2, -0.15) is 0 Å². The fourth-order valence-electron chi connectivity index (χ4n) is 2.35. The van der Waals surface area contributed by atoms with Gasteiger partial charge in [0.15, 0.2) is 11.6 Å². The van der Waals surface area contributed by atoms with Crippen LogP contribution in [0.15, 0.2) is 40.9 Å². The van der Waals surface area contributed by atoms with Gasteiger partial charge in [-0.3, -0.25) is 4.79 Å². The molecular weight excluding hydrogens is 383 g/mol. The Balaban J connectivity index is 2.01. The van der Waals surface area contributed by atoms with Gasteiger partial charge in [0.05, 0.1) is 6.04 Å². The summed E-state index contributed by atoms with van der Waals surface area (Å²) in [6, 6.07) is 7.85. The summed E-state index contributed by atoms with van der Waals surface area (Å²) in [5, 5.41) is 0. The van der Waals surface area contributed by atoms with Gasteiger partial charge in [0.2, 0.25) is 5.91 Å². The number of hydrogen-bond donors (Lipinski definition) is 0. The largest absolute Gasteiger partial charge is 0.339 e. The maximum absolute atomic E-state index is 13.8. The van der Waals surface area contributed by atoms with Crippen LogP contribution in [-0.2, 0) is 11.2 Å². The van der Waals surface area contributed by atoms with Crippen molar-refractivity contribution in [3.8, 4) is 0 Å². The van der Waals surface area contributed by atoms with E-state index in [1.807, 2.05) is 0 Å². The van der Waals surface area contributed by atoms with E-state index in [1.165, 1.54) is 17.0 Å². The molecule has 0 radical (unpaired) electrons. The molecule has 0 heterocycles. The highest BCUT2D eigenvalue weighted by atomic mass is 79.9. The molecule has 0 aromatic heterocycles. The molecule has 0 aliphatic carbocycles. The van der Waals surface area contributed by atoms with Gasteiger partial charge in [0.1, 0.15) is 5.82 Å². The molecule has 0 spiro atoms. The van der Waals surface area contributed by atoms with E-state index in [2.05, 4.69) is 15.9 Å². The highest BCUT2D eigenvalue weighted by molar-refractivity contribution is 9.10. The Bertz CT molecular complexity index is 751. The van der Waals surface area contributed by atoms with Crippen molar-refractivity contribution < 1.29 is 18.0 Å². The fourth-order valence-corrected chi connectivity index (χ4v) is 2.69. The normalized spacial score (nSPS) is 12.1. The van der Waals surface area contributed by atoms with E-state index in [-0.39, 0.29) is 24.6 Å². The summed E-state index contributed by atoms with van der Waals surface area (Å²) in [5.41, 5.74) is 0.958. The molecular formula is C18H17BrF3NO. The average molecular weight is 400 g/mol. The lowest BCUT2D eigenvalue weighted by Gasteiger charge is -2.25. The van der Waals surface area contributed by atoms with Crippen LogP contribution in [0, 0.1) is 17.5 Å². The average Bonchev–Trinajstić information content (AvgIpc) is 2.55. The van der Waals surface area contributed by atoms with Crippen LogP contribution >= 0.6 is 15.9 Å². The lowest BCUT2D eigenvalue weighted by molar-refractivity contribution is -0.131. The van der Waals surface area contributed by atoms with Gasteiger partial charge in [-0.05, 0) is 48.7 Å². The van der Waals surface area contributed by atoms with Crippen molar-refractivity contribution in [2.24, 2.45) is 0 Å². The molecule has 2 rings (SSSR count). The minimum absolute atomic E-state index is 0.128. The lowest BCUT2D eigenvalue weighted by atomic mass is 10.1. The predicted molar refractivity (Wildman–Crippen MR) is 90.0 cm³/mol. The van der Waals surface area contributed by atoms with Crippen LogP contribution < -0.4 is 0 Å². The number of aryl methyl sites for hydroxylation is 1. The van der Waals surface area contributed by atoms with Gasteiger partial charge in [-0.25, -0.2) is 13.2 Å². The molecule has 0 aliphatic rings. The fraction of sp³-hybridized carbons (Fsp3) is 0.278. The Morgan fingerprint density at radius 2 is 1.79 bits per heavy atom. The number of carbonyl (C=O) groups excluding carboxylic acids is 1. The first-order valence-electron chi connectivity index (χ1n) is 7.44. The van der Waals surface area contributed by atoms with E-state index in [4.69, 9.17) is 0 Å². The Morgan fingerprint density at radius 3 is 2.42 bits per heavy atom. The molecule has 0 N–H and O–H groups in total. The van der Waals surface area contributed by atoms with Gasteiger partial charge in [-0.15, -0.1) is 0 Å². The van der Waals surface area contributed by atoms with Crippen molar-refractivity contribution in [1.29, 1.82) is 0 Å². The second-order valence-corrected chi connectivity index (χ2v) is 6.51.